The van der Waals surface area contributed by atoms with Gasteiger partial charge in [-0.25, -0.2) is 9.67 Å². The van der Waals surface area contributed by atoms with E-state index in [1.807, 2.05) is 0 Å². The number of thiazole rings is 1. The third kappa shape index (κ3) is 3.63. The molecule has 0 amide bonds. The van der Waals surface area contributed by atoms with E-state index in [2.05, 4.69) is 10.1 Å². The average molecular weight is 431 g/mol. The molecule has 2 aromatic carbocycles. The van der Waals surface area contributed by atoms with Crippen LogP contribution >= 0.6 is 11.3 Å². The number of aromatic nitrogens is 3. The van der Waals surface area contributed by atoms with Crippen molar-refractivity contribution >= 4 is 11.3 Å². The minimum Gasteiger partial charge on any atom is -0.507 e. The van der Waals surface area contributed by atoms with E-state index < -0.39 is 11.9 Å². The van der Waals surface area contributed by atoms with Crippen molar-refractivity contribution in [3.8, 4) is 39.7 Å². The van der Waals surface area contributed by atoms with Crippen LogP contribution in [0.3, 0.4) is 0 Å². The van der Waals surface area contributed by atoms with Gasteiger partial charge in [-0.3, -0.25) is 0 Å². The van der Waals surface area contributed by atoms with E-state index >= 15 is 0 Å². The van der Waals surface area contributed by atoms with Gasteiger partial charge in [0.15, 0.2) is 5.69 Å². The minimum atomic E-state index is -4.71. The molecule has 2 aromatic heterocycles. The molecule has 0 atom stereocenters. The van der Waals surface area contributed by atoms with E-state index in [9.17, 15) is 18.3 Å². The fourth-order valence-electron chi connectivity index (χ4n) is 3.17. The molecule has 1 N–H and O–H groups in total. The number of phenols is 1. The summed E-state index contributed by atoms with van der Waals surface area (Å²) in [4.78, 5) is 4.09. The van der Waals surface area contributed by atoms with Crippen LogP contribution in [-0.2, 0) is 6.18 Å². The molecule has 0 saturated carbocycles. The SMILES string of the molecule is CCOc1ccc(-c2c(-c3cscn3)c(C(F)(F)F)nn2-c2ccccc2)c(O)c1. The molecule has 30 heavy (non-hydrogen) atoms. The number of hydrogen-bond acceptors (Lipinski definition) is 5. The Morgan fingerprint density at radius 1 is 1.13 bits per heavy atom. The number of nitrogens with zero attached hydrogens (tertiary/aromatic N) is 3. The lowest BCUT2D eigenvalue weighted by molar-refractivity contribution is -0.140. The molecule has 2 heterocycles. The molecule has 154 valence electrons. The number of para-hydroxylation sites is 1. The first-order chi connectivity index (χ1) is 14.4. The number of ether oxygens (including phenoxy) is 1. The number of halogens is 3. The average Bonchev–Trinajstić information content (AvgIpc) is 3.36. The van der Waals surface area contributed by atoms with Crippen molar-refractivity contribution in [3.05, 3.63) is 65.1 Å². The Morgan fingerprint density at radius 2 is 1.90 bits per heavy atom. The Morgan fingerprint density at radius 3 is 2.50 bits per heavy atom. The summed E-state index contributed by atoms with van der Waals surface area (Å²) in [5, 5.41) is 16.1. The molecule has 9 heteroatoms. The number of aromatic hydroxyl groups is 1. The summed E-state index contributed by atoms with van der Waals surface area (Å²) in [6.07, 6.45) is -4.71. The second kappa shape index (κ2) is 7.83. The van der Waals surface area contributed by atoms with Gasteiger partial charge in [-0.2, -0.15) is 18.3 Å². The Balaban J connectivity index is 2.06. The van der Waals surface area contributed by atoms with Crippen LogP contribution < -0.4 is 4.74 Å². The first kappa shape index (κ1) is 20.0. The van der Waals surface area contributed by atoms with E-state index in [1.54, 1.807) is 43.3 Å². The van der Waals surface area contributed by atoms with Gasteiger partial charge in [-0.1, -0.05) is 18.2 Å². The van der Waals surface area contributed by atoms with Crippen molar-refractivity contribution in [2.45, 2.75) is 13.1 Å². The predicted molar refractivity (Wildman–Crippen MR) is 108 cm³/mol. The van der Waals surface area contributed by atoms with Gasteiger partial charge in [0.2, 0.25) is 0 Å². The number of phenolic OH excluding ortho intramolecular Hbond substituents is 1. The second-order valence-corrected chi connectivity index (χ2v) is 7.02. The zero-order valence-corrected chi connectivity index (χ0v) is 16.5. The second-order valence-electron chi connectivity index (χ2n) is 6.30. The van der Waals surface area contributed by atoms with Crippen molar-refractivity contribution < 1.29 is 23.0 Å². The number of hydrogen-bond donors (Lipinski definition) is 1. The van der Waals surface area contributed by atoms with E-state index in [1.165, 1.54) is 39.0 Å². The fraction of sp³-hybridized carbons (Fsp3) is 0.143. The van der Waals surface area contributed by atoms with Crippen LogP contribution in [0.25, 0.3) is 28.2 Å². The molecule has 0 aliphatic heterocycles. The van der Waals surface area contributed by atoms with Crippen LogP contribution in [0.2, 0.25) is 0 Å². The molecule has 0 bridgehead atoms. The van der Waals surface area contributed by atoms with Crippen molar-refractivity contribution in [2.75, 3.05) is 6.61 Å². The van der Waals surface area contributed by atoms with Crippen LogP contribution in [-0.4, -0.2) is 26.5 Å². The van der Waals surface area contributed by atoms with E-state index in [4.69, 9.17) is 4.74 Å². The summed E-state index contributed by atoms with van der Waals surface area (Å²) >= 11 is 1.18. The van der Waals surface area contributed by atoms with Crippen molar-refractivity contribution in [3.63, 3.8) is 0 Å². The lowest BCUT2D eigenvalue weighted by Gasteiger charge is -2.12. The first-order valence-corrected chi connectivity index (χ1v) is 9.94. The first-order valence-electron chi connectivity index (χ1n) is 9.00. The molecule has 0 spiro atoms. The van der Waals surface area contributed by atoms with E-state index in [0.717, 1.165) is 0 Å². The molecule has 4 aromatic rings. The fourth-order valence-corrected chi connectivity index (χ4v) is 3.71. The van der Waals surface area contributed by atoms with Gasteiger partial charge < -0.3 is 9.84 Å². The summed E-state index contributed by atoms with van der Waals surface area (Å²) in [5.41, 5.74) is 1.04. The number of rotatable bonds is 5. The highest BCUT2D eigenvalue weighted by molar-refractivity contribution is 7.07. The highest BCUT2D eigenvalue weighted by atomic mass is 32.1. The van der Waals surface area contributed by atoms with Crippen LogP contribution in [0.4, 0.5) is 13.2 Å². The van der Waals surface area contributed by atoms with E-state index in [-0.39, 0.29) is 28.3 Å². The van der Waals surface area contributed by atoms with Crippen LogP contribution in [0, 0.1) is 0 Å². The van der Waals surface area contributed by atoms with Crippen LogP contribution in [0.1, 0.15) is 12.6 Å². The molecule has 0 unspecified atom stereocenters. The van der Waals surface area contributed by atoms with Gasteiger partial charge in [0.1, 0.15) is 11.5 Å². The number of benzene rings is 2. The maximum absolute atomic E-state index is 13.9. The van der Waals surface area contributed by atoms with Crippen molar-refractivity contribution in [1.29, 1.82) is 0 Å². The summed E-state index contributed by atoms with van der Waals surface area (Å²) in [5.74, 6) is 0.194. The van der Waals surface area contributed by atoms with Crippen molar-refractivity contribution in [2.24, 2.45) is 0 Å². The lowest BCUT2D eigenvalue weighted by Crippen LogP contribution is -2.08. The molecule has 0 radical (unpaired) electrons. The minimum absolute atomic E-state index is 0.0972. The largest absolute Gasteiger partial charge is 0.507 e. The smallest absolute Gasteiger partial charge is 0.435 e. The maximum atomic E-state index is 13.9. The topological polar surface area (TPSA) is 60.2 Å². The van der Waals surface area contributed by atoms with E-state index in [0.29, 0.717) is 18.0 Å². The molecule has 4 rings (SSSR count). The van der Waals surface area contributed by atoms with Crippen molar-refractivity contribution in [1.82, 2.24) is 14.8 Å². The monoisotopic (exact) mass is 431 g/mol. The molecule has 0 fully saturated rings. The molecule has 0 aliphatic carbocycles. The highest BCUT2D eigenvalue weighted by Gasteiger charge is 2.41. The van der Waals surface area contributed by atoms with Gasteiger partial charge in [-0.15, -0.1) is 11.3 Å². The standard InChI is InChI=1S/C21H16F3N3O2S/c1-2-29-14-8-9-15(17(28)10-14)19-18(16-11-30-12-25-16)20(21(22,23)24)26-27(19)13-6-4-3-5-7-13/h3-12,28H,2H2,1H3. The Labute approximate surface area is 174 Å². The zero-order chi connectivity index (χ0) is 21.3. The van der Waals surface area contributed by atoms with Gasteiger partial charge in [0.25, 0.3) is 0 Å². The quantitative estimate of drug-likeness (QED) is 0.435. The highest BCUT2D eigenvalue weighted by Crippen LogP contribution is 2.45. The maximum Gasteiger partial charge on any atom is 0.435 e. The van der Waals surface area contributed by atoms with Gasteiger partial charge in [0.05, 0.1) is 34.8 Å². The lowest BCUT2D eigenvalue weighted by atomic mass is 10.0. The summed E-state index contributed by atoms with van der Waals surface area (Å²) in [6, 6.07) is 12.9. The Kier molecular flexibility index (Phi) is 5.21. The third-order valence-corrected chi connectivity index (χ3v) is 4.96. The predicted octanol–water partition coefficient (Wildman–Crippen LogP) is 5.79. The van der Waals surface area contributed by atoms with Crippen LogP contribution in [0.5, 0.6) is 11.5 Å². The molecular weight excluding hydrogens is 415 g/mol. The summed E-state index contributed by atoms with van der Waals surface area (Å²) in [7, 11) is 0. The molecule has 5 nitrogen and oxygen atoms in total. The summed E-state index contributed by atoms with van der Waals surface area (Å²) in [6.45, 7) is 2.19. The molecular formula is C21H16F3N3O2S. The third-order valence-electron chi connectivity index (χ3n) is 4.38. The molecule has 0 aliphatic rings. The summed E-state index contributed by atoms with van der Waals surface area (Å²) < 4.78 is 48.4. The normalized spacial score (nSPS) is 11.6. The Bertz CT molecular complexity index is 1160. The zero-order valence-electron chi connectivity index (χ0n) is 15.7. The van der Waals surface area contributed by atoms with Crippen LogP contribution in [0.15, 0.2) is 59.4 Å². The van der Waals surface area contributed by atoms with Gasteiger partial charge >= 0.3 is 6.18 Å². The van der Waals surface area contributed by atoms with Gasteiger partial charge in [-0.05, 0) is 31.2 Å². The van der Waals surface area contributed by atoms with Gasteiger partial charge in [0, 0.05) is 17.0 Å². The number of alkyl halides is 3. The molecule has 0 saturated heterocycles. The Hall–Kier alpha value is -3.33.